The van der Waals surface area contributed by atoms with Crippen LogP contribution in [-0.4, -0.2) is 44.8 Å². The van der Waals surface area contributed by atoms with Crippen LogP contribution in [0.4, 0.5) is 5.82 Å². The van der Waals surface area contributed by atoms with E-state index in [4.69, 9.17) is 5.10 Å². The smallest absolute Gasteiger partial charge is 0.220 e. The van der Waals surface area contributed by atoms with Crippen molar-refractivity contribution in [2.75, 3.05) is 18.0 Å². The lowest BCUT2D eigenvalue weighted by atomic mass is 9.95. The van der Waals surface area contributed by atoms with Crippen molar-refractivity contribution in [1.29, 1.82) is 0 Å². The summed E-state index contributed by atoms with van der Waals surface area (Å²) >= 11 is 0. The highest BCUT2D eigenvalue weighted by molar-refractivity contribution is 5.76. The first-order chi connectivity index (χ1) is 12.3. The Morgan fingerprint density at radius 1 is 1.08 bits per heavy atom. The van der Waals surface area contributed by atoms with Crippen LogP contribution in [0.15, 0.2) is 12.1 Å². The van der Waals surface area contributed by atoms with Gasteiger partial charge < -0.3 is 10.2 Å². The number of fused-ring (bicyclic) bond motifs is 1. The standard InChI is InChI=1S/C18H26N6O/c25-18(19-14-6-2-1-3-7-14)11-10-16-21-20-15-8-9-17(22-24(15)16)23-12-4-5-13-23/h8-9,14H,1-7,10-13H2,(H,19,25). The third kappa shape index (κ3) is 3.75. The van der Waals surface area contributed by atoms with Gasteiger partial charge in [-0.25, -0.2) is 0 Å². The SMILES string of the molecule is O=C(CCc1nnc2ccc(N3CCCC3)nn12)NC1CCCCC1. The molecule has 0 aromatic carbocycles. The zero-order chi connectivity index (χ0) is 17.1. The molecule has 2 fully saturated rings. The zero-order valence-corrected chi connectivity index (χ0v) is 14.7. The van der Waals surface area contributed by atoms with Crippen molar-refractivity contribution >= 4 is 17.4 Å². The summed E-state index contributed by atoms with van der Waals surface area (Å²) in [7, 11) is 0. The molecule has 1 amide bonds. The highest BCUT2D eigenvalue weighted by Crippen LogP contribution is 2.19. The molecule has 134 valence electrons. The van der Waals surface area contributed by atoms with Crippen LogP contribution in [0.5, 0.6) is 0 Å². The first kappa shape index (κ1) is 16.3. The van der Waals surface area contributed by atoms with Crippen molar-refractivity contribution in [2.45, 2.75) is 63.8 Å². The van der Waals surface area contributed by atoms with Gasteiger partial charge in [-0.2, -0.15) is 4.52 Å². The van der Waals surface area contributed by atoms with Crippen LogP contribution < -0.4 is 10.2 Å². The van der Waals surface area contributed by atoms with Crippen molar-refractivity contribution in [3.63, 3.8) is 0 Å². The van der Waals surface area contributed by atoms with Crippen LogP contribution in [0.3, 0.4) is 0 Å². The number of amides is 1. The van der Waals surface area contributed by atoms with E-state index < -0.39 is 0 Å². The average Bonchev–Trinajstić information content (AvgIpc) is 3.30. The summed E-state index contributed by atoms with van der Waals surface area (Å²) in [5.74, 6) is 1.84. The molecule has 1 saturated carbocycles. The van der Waals surface area contributed by atoms with Crippen LogP contribution in [0.25, 0.3) is 5.65 Å². The fourth-order valence-corrected chi connectivity index (χ4v) is 3.87. The predicted octanol–water partition coefficient (Wildman–Crippen LogP) is 2.11. The van der Waals surface area contributed by atoms with Crippen molar-refractivity contribution in [2.24, 2.45) is 0 Å². The molecule has 2 aromatic rings. The van der Waals surface area contributed by atoms with Crippen LogP contribution in [-0.2, 0) is 11.2 Å². The molecule has 0 radical (unpaired) electrons. The summed E-state index contributed by atoms with van der Waals surface area (Å²) < 4.78 is 1.79. The number of hydrogen-bond acceptors (Lipinski definition) is 5. The molecule has 25 heavy (non-hydrogen) atoms. The van der Waals surface area contributed by atoms with Crippen LogP contribution in [0, 0.1) is 0 Å². The Hall–Kier alpha value is -2.18. The molecular weight excluding hydrogens is 316 g/mol. The van der Waals surface area contributed by atoms with Crippen LogP contribution in [0.2, 0.25) is 0 Å². The molecule has 1 aliphatic carbocycles. The van der Waals surface area contributed by atoms with Gasteiger partial charge in [0.15, 0.2) is 11.5 Å². The summed E-state index contributed by atoms with van der Waals surface area (Å²) in [6.07, 6.45) is 9.41. The Kier molecular flexibility index (Phi) is 4.81. The number of aryl methyl sites for hydroxylation is 1. The maximum atomic E-state index is 12.2. The normalized spacial score (nSPS) is 18.8. The van der Waals surface area contributed by atoms with E-state index >= 15 is 0 Å². The fraction of sp³-hybridized carbons (Fsp3) is 0.667. The first-order valence-corrected chi connectivity index (χ1v) is 9.55. The lowest BCUT2D eigenvalue weighted by Crippen LogP contribution is -2.36. The van der Waals surface area contributed by atoms with Gasteiger partial charge in [-0.05, 0) is 37.8 Å². The molecule has 7 heteroatoms. The molecule has 0 atom stereocenters. The van der Waals surface area contributed by atoms with Gasteiger partial charge in [-0.3, -0.25) is 4.79 Å². The second-order valence-electron chi connectivity index (χ2n) is 7.17. The fourth-order valence-electron chi connectivity index (χ4n) is 3.87. The second-order valence-corrected chi connectivity index (χ2v) is 7.17. The van der Waals surface area contributed by atoms with Gasteiger partial charge in [-0.15, -0.1) is 15.3 Å². The average molecular weight is 342 g/mol. The van der Waals surface area contributed by atoms with Gasteiger partial charge in [0.05, 0.1) is 0 Å². The minimum Gasteiger partial charge on any atom is -0.355 e. The van der Waals surface area contributed by atoms with Gasteiger partial charge in [0.25, 0.3) is 0 Å². The summed E-state index contributed by atoms with van der Waals surface area (Å²) in [4.78, 5) is 14.5. The number of nitrogens with one attached hydrogen (secondary N) is 1. The van der Waals surface area contributed by atoms with Gasteiger partial charge in [0.1, 0.15) is 5.82 Å². The van der Waals surface area contributed by atoms with E-state index in [0.717, 1.165) is 43.2 Å². The number of aromatic nitrogens is 4. The Labute approximate surface area is 147 Å². The lowest BCUT2D eigenvalue weighted by molar-refractivity contribution is -0.122. The molecule has 3 heterocycles. The first-order valence-electron chi connectivity index (χ1n) is 9.55. The number of hydrogen-bond donors (Lipinski definition) is 1. The number of nitrogens with zero attached hydrogens (tertiary/aromatic N) is 5. The van der Waals surface area contributed by atoms with E-state index in [2.05, 4.69) is 20.4 Å². The van der Waals surface area contributed by atoms with Crippen molar-refractivity contribution in [3.8, 4) is 0 Å². The van der Waals surface area contributed by atoms with E-state index in [1.165, 1.54) is 32.1 Å². The lowest BCUT2D eigenvalue weighted by Gasteiger charge is -2.22. The largest absolute Gasteiger partial charge is 0.355 e. The summed E-state index contributed by atoms with van der Waals surface area (Å²) in [5, 5.41) is 16.3. The molecule has 1 aliphatic heterocycles. The maximum Gasteiger partial charge on any atom is 0.220 e. The Balaban J connectivity index is 1.40. The number of anilines is 1. The third-order valence-electron chi connectivity index (χ3n) is 5.29. The van der Waals surface area contributed by atoms with E-state index in [-0.39, 0.29) is 5.91 Å². The molecule has 7 nitrogen and oxygen atoms in total. The molecule has 2 aliphatic rings. The summed E-state index contributed by atoms with van der Waals surface area (Å²) in [6.45, 7) is 2.11. The number of carbonyl (C=O) groups is 1. The van der Waals surface area contributed by atoms with Gasteiger partial charge in [0, 0.05) is 32.0 Å². The molecule has 2 aromatic heterocycles. The quantitative estimate of drug-likeness (QED) is 0.901. The minimum absolute atomic E-state index is 0.111. The van der Waals surface area contributed by atoms with E-state index in [1.807, 2.05) is 12.1 Å². The Morgan fingerprint density at radius 2 is 1.88 bits per heavy atom. The van der Waals surface area contributed by atoms with Gasteiger partial charge >= 0.3 is 0 Å². The highest BCUT2D eigenvalue weighted by Gasteiger charge is 2.18. The molecular formula is C18H26N6O. The summed E-state index contributed by atoms with van der Waals surface area (Å²) in [6, 6.07) is 4.32. The van der Waals surface area contributed by atoms with Crippen molar-refractivity contribution in [1.82, 2.24) is 25.1 Å². The van der Waals surface area contributed by atoms with Crippen molar-refractivity contribution in [3.05, 3.63) is 18.0 Å². The maximum absolute atomic E-state index is 12.2. The van der Waals surface area contributed by atoms with E-state index in [9.17, 15) is 4.79 Å². The molecule has 1 N–H and O–H groups in total. The molecule has 0 bridgehead atoms. The van der Waals surface area contributed by atoms with Gasteiger partial charge in [0.2, 0.25) is 5.91 Å². The number of carbonyl (C=O) groups excluding carboxylic acids is 1. The third-order valence-corrected chi connectivity index (χ3v) is 5.29. The minimum atomic E-state index is 0.111. The predicted molar refractivity (Wildman–Crippen MR) is 95.6 cm³/mol. The van der Waals surface area contributed by atoms with E-state index in [1.54, 1.807) is 4.52 Å². The Bertz CT molecular complexity index is 730. The molecule has 1 saturated heterocycles. The van der Waals surface area contributed by atoms with Crippen LogP contribution in [0.1, 0.15) is 57.2 Å². The van der Waals surface area contributed by atoms with Crippen molar-refractivity contribution < 1.29 is 4.79 Å². The molecule has 0 spiro atoms. The van der Waals surface area contributed by atoms with Gasteiger partial charge in [-0.1, -0.05) is 19.3 Å². The van der Waals surface area contributed by atoms with E-state index in [0.29, 0.717) is 18.9 Å². The monoisotopic (exact) mass is 342 g/mol. The Morgan fingerprint density at radius 3 is 2.68 bits per heavy atom. The molecule has 4 rings (SSSR count). The van der Waals surface area contributed by atoms with Crippen LogP contribution >= 0.6 is 0 Å². The molecule has 0 unspecified atom stereocenters. The zero-order valence-electron chi connectivity index (χ0n) is 14.7. The topological polar surface area (TPSA) is 75.4 Å². The summed E-state index contributed by atoms with van der Waals surface area (Å²) in [5.41, 5.74) is 0.741. The second kappa shape index (κ2) is 7.37. The number of rotatable bonds is 5. The highest BCUT2D eigenvalue weighted by atomic mass is 16.1.